The summed E-state index contributed by atoms with van der Waals surface area (Å²) in [6.07, 6.45) is 24.3. The van der Waals surface area contributed by atoms with E-state index in [-0.39, 0.29) is 70.8 Å². The molecule has 8 atom stereocenters. The van der Waals surface area contributed by atoms with Crippen LogP contribution in [0.5, 0.6) is 0 Å². The van der Waals surface area contributed by atoms with Crippen molar-refractivity contribution in [2.24, 2.45) is 17.3 Å². The standard InChI is InChI=1S/C28H30N2O2.C27H26F2N2O2.C26H26N2O2.C25H22F4N2O2/c1-3-32-25(31)13-10-19-8-11-21(12-9-19)27-26-23(22-6-4-5-7-24(22)29-26)14-18(2)30(27)28-15-20(16-28)17-28;1-15-9-18-17-5-3-4-6-21(17)30-24(18)25(31(15)27-12-26(2,13-27)14-27)23-19(28)10-16(11-20(23)29)7-8-22(32)33;1-16-12-21-20-4-2-3-5-22(20)27-24(21)25(28(16)26-13-18(14-26)15-26)19-9-6-17(7-10-19)8-11-23(29)30;1-13-8-17-16-4-2-3-5-20(16)30-23(17)24(31(13)15-11-25(28,29)12-15)22-18(26)9-14(10-19(22)27)6-7-21(32)33/h4-13,18,20,27,29H,3,14-17H2,1-2H3;3-8,10-11,15,25,30H,9,12-14H2,1-2H3,(H,32,33);2-11,16,18,25,27H,12-15H2,1H3,(H,29,30);2-7,9-10,13,15,24,30H,8,11-12H2,1H3,(H,32,33)/b13-10+;8-7+;11-8+;7-6+. The number of nitrogens with zero attached hydrogens (tertiary/aromatic N) is 4. The van der Waals surface area contributed by atoms with Gasteiger partial charge in [-0.25, -0.2) is 45.5 Å². The number of alkyl halides is 2. The van der Waals surface area contributed by atoms with Gasteiger partial charge in [-0.2, -0.15) is 0 Å². The number of aromatic nitrogens is 4. The summed E-state index contributed by atoms with van der Waals surface area (Å²) in [5.74, 6) is -7.50. The maximum atomic E-state index is 15.6. The third kappa shape index (κ3) is 14.7. The molecule has 22 heteroatoms. The molecule has 10 saturated carbocycles. The number of benzene rings is 8. The van der Waals surface area contributed by atoms with Crippen LogP contribution in [0.2, 0.25) is 0 Å². The van der Waals surface area contributed by atoms with E-state index in [0.29, 0.717) is 47.3 Å². The topological polar surface area (TPSA) is 214 Å². The molecule has 128 heavy (non-hydrogen) atoms. The molecule has 0 saturated heterocycles. The van der Waals surface area contributed by atoms with Crippen molar-refractivity contribution >= 4 is 91.8 Å². The van der Waals surface area contributed by atoms with Crippen molar-refractivity contribution < 1.29 is 65.6 Å². The summed E-state index contributed by atoms with van der Waals surface area (Å²) < 4.78 is 94.6. The molecule has 8 aromatic carbocycles. The molecular formula is C106H104F6N8O8. The molecule has 658 valence electrons. The van der Waals surface area contributed by atoms with Gasteiger partial charge >= 0.3 is 23.9 Å². The number of aromatic amines is 4. The van der Waals surface area contributed by atoms with Gasteiger partial charge in [0.2, 0.25) is 0 Å². The van der Waals surface area contributed by atoms with E-state index in [1.165, 1.54) is 124 Å². The van der Waals surface area contributed by atoms with Crippen LogP contribution in [0.4, 0.5) is 26.3 Å². The first-order chi connectivity index (χ1) is 61.5. The number of H-pyrrole nitrogens is 4. The van der Waals surface area contributed by atoms with Gasteiger partial charge in [0.1, 0.15) is 23.3 Å². The molecule has 7 N–H and O–H groups in total. The van der Waals surface area contributed by atoms with Crippen molar-refractivity contribution in [1.29, 1.82) is 0 Å². The number of carboxylic acid groups (broad SMARTS) is 3. The summed E-state index contributed by atoms with van der Waals surface area (Å²) in [5, 5.41) is 31.4. The van der Waals surface area contributed by atoms with Crippen LogP contribution in [-0.2, 0) is 49.6 Å². The average Bonchev–Trinajstić information content (AvgIpc) is 1.01. The molecule has 26 rings (SSSR count). The maximum absolute atomic E-state index is 15.6. The summed E-state index contributed by atoms with van der Waals surface area (Å²) in [4.78, 5) is 68.3. The molecule has 0 spiro atoms. The zero-order valence-corrected chi connectivity index (χ0v) is 72.4. The van der Waals surface area contributed by atoms with Gasteiger partial charge in [-0.15, -0.1) is 0 Å². The lowest BCUT2D eigenvalue weighted by Crippen LogP contribution is -2.76. The van der Waals surface area contributed by atoms with Crippen LogP contribution in [0, 0.1) is 40.5 Å². The minimum atomic E-state index is -2.78. The second kappa shape index (κ2) is 32.1. The lowest BCUT2D eigenvalue weighted by Gasteiger charge is -2.75. The Morgan fingerprint density at radius 1 is 0.406 bits per heavy atom. The number of fused-ring (bicyclic) bond motifs is 12. The fourth-order valence-electron chi connectivity index (χ4n) is 25.1. The highest BCUT2D eigenvalue weighted by Crippen LogP contribution is 2.72. The molecule has 0 radical (unpaired) electrons. The van der Waals surface area contributed by atoms with E-state index in [9.17, 15) is 28.0 Å². The first kappa shape index (κ1) is 84.3. The molecule has 10 aliphatic carbocycles. The number of hydrogen-bond donors (Lipinski definition) is 7. The van der Waals surface area contributed by atoms with E-state index in [2.05, 4.69) is 153 Å². The number of esters is 1. The molecule has 8 heterocycles. The van der Waals surface area contributed by atoms with E-state index < -0.39 is 65.2 Å². The average molecular weight is 1730 g/mol. The molecule has 16 nitrogen and oxygen atoms in total. The van der Waals surface area contributed by atoms with E-state index in [4.69, 9.17) is 20.1 Å². The summed E-state index contributed by atoms with van der Waals surface area (Å²) in [6, 6.07) is 54.2. The lowest BCUT2D eigenvalue weighted by atomic mass is 9.39. The molecule has 6 bridgehead atoms. The monoisotopic (exact) mass is 1730 g/mol. The predicted octanol–water partition coefficient (Wildman–Crippen LogP) is 22.3. The molecular weight excluding hydrogens is 1630 g/mol. The number of rotatable bonds is 17. The van der Waals surface area contributed by atoms with Crippen LogP contribution in [0.15, 0.2) is 194 Å². The van der Waals surface area contributed by atoms with Gasteiger partial charge in [0.15, 0.2) is 0 Å². The summed E-state index contributed by atoms with van der Waals surface area (Å²) in [6.45, 7) is 13.4. The van der Waals surface area contributed by atoms with Gasteiger partial charge in [0, 0.05) is 161 Å². The smallest absolute Gasteiger partial charge is 0.330 e. The Bertz CT molecular complexity index is 6460. The van der Waals surface area contributed by atoms with E-state index in [0.717, 1.165) is 130 Å². The summed E-state index contributed by atoms with van der Waals surface area (Å²) in [5.41, 5.74) is 19.1. The highest BCUT2D eigenvalue weighted by Gasteiger charge is 2.70. The number of carboxylic acids is 3. The van der Waals surface area contributed by atoms with Crippen molar-refractivity contribution in [3.05, 3.63) is 307 Å². The molecule has 8 unspecified atom stereocenters. The van der Waals surface area contributed by atoms with Crippen molar-refractivity contribution in [3.8, 4) is 0 Å². The Hall–Kier alpha value is -11.8. The van der Waals surface area contributed by atoms with Gasteiger partial charge in [-0.1, -0.05) is 128 Å². The van der Waals surface area contributed by atoms with Gasteiger partial charge in [-0.3, -0.25) is 19.6 Å². The fraction of sp³-hybridized carbons (Fsp3) is 0.358. The zero-order valence-electron chi connectivity index (χ0n) is 72.4. The minimum Gasteiger partial charge on any atom is -0.478 e. The van der Waals surface area contributed by atoms with Crippen LogP contribution in [0.3, 0.4) is 0 Å². The third-order valence-corrected chi connectivity index (χ3v) is 30.2. The van der Waals surface area contributed by atoms with Crippen LogP contribution in [0.25, 0.3) is 67.9 Å². The second-order valence-electron chi connectivity index (χ2n) is 38.9. The Balaban J connectivity index is 0.000000107. The molecule has 10 fully saturated rings. The number of para-hydroxylation sites is 4. The van der Waals surface area contributed by atoms with Gasteiger partial charge in [0.25, 0.3) is 5.92 Å². The molecule has 12 aromatic rings. The first-order valence-electron chi connectivity index (χ1n) is 45.1. The summed E-state index contributed by atoms with van der Waals surface area (Å²) >= 11 is 0. The van der Waals surface area contributed by atoms with E-state index >= 15 is 17.6 Å². The number of halogens is 6. The Morgan fingerprint density at radius 3 is 1.05 bits per heavy atom. The van der Waals surface area contributed by atoms with Gasteiger partial charge in [0.05, 0.1) is 30.8 Å². The number of nitrogens with one attached hydrogen (secondary N) is 4. The van der Waals surface area contributed by atoms with Crippen molar-refractivity contribution in [2.45, 2.75) is 215 Å². The molecule has 0 amide bonds. The highest BCUT2D eigenvalue weighted by molar-refractivity contribution is 5.91. The third-order valence-electron chi connectivity index (χ3n) is 30.2. The van der Waals surface area contributed by atoms with Gasteiger partial charge in [-0.05, 0) is 264 Å². The van der Waals surface area contributed by atoms with Crippen molar-refractivity contribution in [3.63, 3.8) is 0 Å². The zero-order chi connectivity index (χ0) is 88.9. The molecule has 4 aliphatic heterocycles. The Labute approximate surface area is 738 Å². The van der Waals surface area contributed by atoms with E-state index in [1.807, 2.05) is 79.4 Å². The number of carbonyl (C=O) groups is 4. The number of aliphatic carboxylic acids is 3. The van der Waals surface area contributed by atoms with E-state index in [1.54, 1.807) is 6.08 Å². The van der Waals surface area contributed by atoms with Crippen LogP contribution in [-0.4, -0.2) is 138 Å². The largest absolute Gasteiger partial charge is 0.478 e. The SMILES string of the molecule is CC1Cc2c([nH]c3ccccc23)C(c2c(F)cc(/C=C/C(=O)O)cc2F)N1C12CC(C)(C1)C2.CC1Cc2c([nH]c3ccccc23)C(c2c(F)cc(/C=C/C(=O)O)cc2F)N1C1CC(F)(F)C1.CC1Cc2c([nH]c3ccccc23)C(c2ccc(/C=C/C(=O)O)cc2)N1C12CC(C1)C2.CCOC(=O)/C=C/c1ccc(C2c3[nH]c4ccccc4c3CC(C)N2C23CC(C2)C3)cc1. The molecule has 4 aromatic heterocycles. The van der Waals surface area contributed by atoms with Crippen LogP contribution in [0.1, 0.15) is 226 Å². The van der Waals surface area contributed by atoms with Crippen LogP contribution >= 0.6 is 0 Å². The second-order valence-corrected chi connectivity index (χ2v) is 38.9. The minimum absolute atomic E-state index is 0.0193. The number of carbonyl (C=O) groups excluding carboxylic acids is 1. The van der Waals surface area contributed by atoms with Crippen molar-refractivity contribution in [2.75, 3.05) is 6.61 Å². The Kier molecular flexibility index (Phi) is 21.2. The fourth-order valence-corrected chi connectivity index (χ4v) is 25.1. The first-order valence-corrected chi connectivity index (χ1v) is 45.1. The van der Waals surface area contributed by atoms with Crippen molar-refractivity contribution in [1.82, 2.24) is 39.5 Å². The van der Waals surface area contributed by atoms with Crippen LogP contribution < -0.4 is 0 Å². The quantitative estimate of drug-likeness (QED) is 0.0258. The number of ether oxygens (including phenoxy) is 1. The number of hydrogen-bond acceptors (Lipinski definition) is 9. The normalized spacial score (nSPS) is 28.2. The molecule has 14 aliphatic rings. The lowest BCUT2D eigenvalue weighted by molar-refractivity contribution is -0.232. The van der Waals surface area contributed by atoms with Gasteiger partial charge < -0.3 is 40.0 Å². The summed E-state index contributed by atoms with van der Waals surface area (Å²) in [7, 11) is 0. The Morgan fingerprint density at radius 2 is 0.719 bits per heavy atom. The highest BCUT2D eigenvalue weighted by atomic mass is 19.3. The maximum Gasteiger partial charge on any atom is 0.330 e. The predicted molar refractivity (Wildman–Crippen MR) is 485 cm³/mol.